The van der Waals surface area contributed by atoms with Crippen LogP contribution in [0.3, 0.4) is 0 Å². The third kappa shape index (κ3) is 6.58. The Balaban J connectivity index is 1.90. The van der Waals surface area contributed by atoms with Gasteiger partial charge in [-0.3, -0.25) is 4.79 Å². The molecular formula is C29H27FN2O3. The van der Waals surface area contributed by atoms with Crippen LogP contribution in [0.25, 0.3) is 6.08 Å². The maximum Gasteiger partial charge on any atom is 0.266 e. The number of hydrogen-bond donors (Lipinski definition) is 1. The van der Waals surface area contributed by atoms with E-state index in [9.17, 15) is 14.4 Å². The lowest BCUT2D eigenvalue weighted by Gasteiger charge is -2.16. The molecular weight excluding hydrogens is 443 g/mol. The number of aryl methyl sites for hydroxylation is 2. The van der Waals surface area contributed by atoms with Crippen molar-refractivity contribution in [3.05, 3.63) is 106 Å². The Kier molecular flexibility index (Phi) is 8.42. The van der Waals surface area contributed by atoms with Crippen molar-refractivity contribution >= 4 is 17.7 Å². The van der Waals surface area contributed by atoms with Crippen LogP contribution in [0.4, 0.5) is 10.1 Å². The van der Waals surface area contributed by atoms with Gasteiger partial charge in [0.2, 0.25) is 0 Å². The van der Waals surface area contributed by atoms with Crippen LogP contribution in [-0.4, -0.2) is 13.0 Å². The highest BCUT2D eigenvalue weighted by molar-refractivity contribution is 6.10. The van der Waals surface area contributed by atoms with Crippen molar-refractivity contribution in [1.82, 2.24) is 0 Å². The van der Waals surface area contributed by atoms with Crippen LogP contribution >= 0.6 is 0 Å². The Morgan fingerprint density at radius 3 is 2.51 bits per heavy atom. The lowest BCUT2D eigenvalue weighted by molar-refractivity contribution is -0.112. The van der Waals surface area contributed by atoms with Crippen LogP contribution in [0.15, 0.2) is 72.8 Å². The summed E-state index contributed by atoms with van der Waals surface area (Å²) in [6, 6.07) is 17.2. The van der Waals surface area contributed by atoms with Crippen LogP contribution in [0.2, 0.25) is 0 Å². The van der Waals surface area contributed by atoms with E-state index in [2.05, 4.69) is 11.9 Å². The summed E-state index contributed by atoms with van der Waals surface area (Å²) in [4.78, 5) is 12.8. The SMILES string of the molecule is C=CCc1cc(/C=C(\C#N)C(=O)Nc2ccc(C)cc2C)cc(OC)c1OCc1ccc(F)cc1. The molecule has 0 aliphatic carbocycles. The van der Waals surface area contributed by atoms with Gasteiger partial charge in [0, 0.05) is 11.3 Å². The minimum Gasteiger partial charge on any atom is -0.493 e. The van der Waals surface area contributed by atoms with Gasteiger partial charge in [-0.25, -0.2) is 4.39 Å². The molecule has 0 aliphatic rings. The van der Waals surface area contributed by atoms with Gasteiger partial charge >= 0.3 is 0 Å². The average molecular weight is 471 g/mol. The zero-order chi connectivity index (χ0) is 25.4. The van der Waals surface area contributed by atoms with Gasteiger partial charge in [0.1, 0.15) is 24.1 Å². The van der Waals surface area contributed by atoms with E-state index < -0.39 is 5.91 Å². The molecule has 3 rings (SSSR count). The number of carbonyl (C=O) groups excluding carboxylic acids is 1. The summed E-state index contributed by atoms with van der Waals surface area (Å²) in [5.74, 6) is 0.155. The number of nitriles is 1. The summed E-state index contributed by atoms with van der Waals surface area (Å²) in [5, 5.41) is 12.5. The third-order valence-corrected chi connectivity index (χ3v) is 5.34. The molecule has 0 spiro atoms. The minimum absolute atomic E-state index is 0.0449. The van der Waals surface area contributed by atoms with Crippen molar-refractivity contribution in [2.45, 2.75) is 26.9 Å². The summed E-state index contributed by atoms with van der Waals surface area (Å²) in [5.41, 5.74) is 4.79. The van der Waals surface area contributed by atoms with E-state index >= 15 is 0 Å². The zero-order valence-electron chi connectivity index (χ0n) is 20.0. The van der Waals surface area contributed by atoms with E-state index in [-0.39, 0.29) is 18.0 Å². The number of benzene rings is 3. The second-order valence-electron chi connectivity index (χ2n) is 8.06. The molecule has 0 radical (unpaired) electrons. The van der Waals surface area contributed by atoms with Gasteiger partial charge in [-0.15, -0.1) is 6.58 Å². The molecule has 3 aromatic rings. The number of allylic oxidation sites excluding steroid dienone is 1. The van der Waals surface area contributed by atoms with Crippen LogP contribution in [0.5, 0.6) is 11.5 Å². The monoisotopic (exact) mass is 470 g/mol. The number of amides is 1. The van der Waals surface area contributed by atoms with Gasteiger partial charge in [0.25, 0.3) is 5.91 Å². The van der Waals surface area contributed by atoms with Crippen LogP contribution in [0, 0.1) is 31.0 Å². The maximum absolute atomic E-state index is 13.2. The molecule has 1 amide bonds. The number of carbonyl (C=O) groups is 1. The number of ether oxygens (including phenoxy) is 2. The molecule has 178 valence electrons. The van der Waals surface area contributed by atoms with Crippen molar-refractivity contribution in [2.24, 2.45) is 0 Å². The van der Waals surface area contributed by atoms with Crippen molar-refractivity contribution in [1.29, 1.82) is 5.26 Å². The number of halogens is 1. The molecule has 0 fully saturated rings. The number of nitrogens with one attached hydrogen (secondary N) is 1. The van der Waals surface area contributed by atoms with Crippen molar-refractivity contribution in [3.8, 4) is 17.6 Å². The molecule has 0 saturated carbocycles. The summed E-state index contributed by atoms with van der Waals surface area (Å²) in [6.45, 7) is 7.90. The first kappa shape index (κ1) is 25.3. The van der Waals surface area contributed by atoms with E-state index in [0.29, 0.717) is 29.2 Å². The van der Waals surface area contributed by atoms with Crippen molar-refractivity contribution in [3.63, 3.8) is 0 Å². The van der Waals surface area contributed by atoms with Crippen LogP contribution in [0.1, 0.15) is 27.8 Å². The van der Waals surface area contributed by atoms with E-state index in [0.717, 1.165) is 22.3 Å². The third-order valence-electron chi connectivity index (χ3n) is 5.34. The molecule has 0 atom stereocenters. The maximum atomic E-state index is 13.2. The molecule has 35 heavy (non-hydrogen) atoms. The molecule has 1 N–H and O–H groups in total. The Morgan fingerprint density at radius 2 is 1.89 bits per heavy atom. The van der Waals surface area contributed by atoms with Gasteiger partial charge in [-0.1, -0.05) is 35.9 Å². The fourth-order valence-corrected chi connectivity index (χ4v) is 3.58. The molecule has 6 heteroatoms. The first-order valence-corrected chi connectivity index (χ1v) is 11.0. The van der Waals surface area contributed by atoms with E-state index in [4.69, 9.17) is 9.47 Å². The second-order valence-corrected chi connectivity index (χ2v) is 8.06. The largest absolute Gasteiger partial charge is 0.493 e. The number of nitrogens with zero attached hydrogens (tertiary/aromatic N) is 1. The van der Waals surface area contributed by atoms with E-state index in [1.54, 1.807) is 24.3 Å². The molecule has 0 unspecified atom stereocenters. The Labute approximate surface area is 205 Å². The van der Waals surface area contributed by atoms with Gasteiger partial charge in [0.15, 0.2) is 11.5 Å². The summed E-state index contributed by atoms with van der Waals surface area (Å²) in [6.07, 6.45) is 3.72. The second kappa shape index (κ2) is 11.7. The highest BCUT2D eigenvalue weighted by Crippen LogP contribution is 2.35. The van der Waals surface area contributed by atoms with Crippen molar-refractivity contribution < 1.29 is 18.7 Å². The number of anilines is 1. The minimum atomic E-state index is -0.500. The van der Waals surface area contributed by atoms with Gasteiger partial charge in [0.05, 0.1) is 7.11 Å². The van der Waals surface area contributed by atoms with Gasteiger partial charge < -0.3 is 14.8 Å². The van der Waals surface area contributed by atoms with E-state index in [1.165, 1.54) is 25.3 Å². The lowest BCUT2D eigenvalue weighted by Crippen LogP contribution is -2.14. The first-order chi connectivity index (χ1) is 16.8. The fraction of sp³-hybridized carbons (Fsp3) is 0.172. The fourth-order valence-electron chi connectivity index (χ4n) is 3.58. The highest BCUT2D eigenvalue weighted by Gasteiger charge is 2.15. The van der Waals surface area contributed by atoms with Crippen LogP contribution in [-0.2, 0) is 17.8 Å². The molecule has 0 aromatic heterocycles. The average Bonchev–Trinajstić information content (AvgIpc) is 2.84. The summed E-state index contributed by atoms with van der Waals surface area (Å²) >= 11 is 0. The Hall–Kier alpha value is -4.37. The summed E-state index contributed by atoms with van der Waals surface area (Å²) < 4.78 is 24.8. The molecule has 0 aliphatic heterocycles. The number of methoxy groups -OCH3 is 1. The summed E-state index contributed by atoms with van der Waals surface area (Å²) in [7, 11) is 1.52. The van der Waals surface area contributed by atoms with Crippen LogP contribution < -0.4 is 14.8 Å². The molecule has 3 aromatic carbocycles. The predicted molar refractivity (Wildman–Crippen MR) is 136 cm³/mol. The van der Waals surface area contributed by atoms with E-state index in [1.807, 2.05) is 44.2 Å². The quantitative estimate of drug-likeness (QED) is 0.226. The number of rotatable bonds is 9. The zero-order valence-corrected chi connectivity index (χ0v) is 20.0. The number of hydrogen-bond acceptors (Lipinski definition) is 4. The van der Waals surface area contributed by atoms with Gasteiger partial charge in [-0.05, 0) is 73.4 Å². The highest BCUT2D eigenvalue weighted by atomic mass is 19.1. The predicted octanol–water partition coefficient (Wildman–Crippen LogP) is 6.30. The first-order valence-electron chi connectivity index (χ1n) is 11.0. The molecule has 0 saturated heterocycles. The van der Waals surface area contributed by atoms with Gasteiger partial charge in [-0.2, -0.15) is 5.26 Å². The molecule has 0 bridgehead atoms. The topological polar surface area (TPSA) is 71.4 Å². The normalized spacial score (nSPS) is 10.9. The Bertz CT molecular complexity index is 1300. The Morgan fingerprint density at radius 1 is 1.14 bits per heavy atom. The molecule has 0 heterocycles. The smallest absolute Gasteiger partial charge is 0.266 e. The lowest BCUT2D eigenvalue weighted by atomic mass is 10.0. The standard InChI is InChI=1S/C29H27FN2O3/c1-5-6-23-14-22(15-24(17-31)29(33)32-26-12-7-19(2)13-20(26)3)16-27(34-4)28(23)35-18-21-8-10-25(30)11-9-21/h5,7-16H,1,6,18H2,2-4H3,(H,32,33)/b24-15+. The van der Waals surface area contributed by atoms with Crippen molar-refractivity contribution in [2.75, 3.05) is 12.4 Å². The molecule has 5 nitrogen and oxygen atoms in total.